The lowest BCUT2D eigenvalue weighted by Crippen LogP contribution is -1.94. The molecular formula is C24H23Cl2FN6. The first-order chi connectivity index (χ1) is 16.0. The average molecular weight is 485 g/mol. The fourth-order valence-electron chi connectivity index (χ4n) is 3.70. The molecule has 6 nitrogen and oxygen atoms in total. The average Bonchev–Trinajstić information content (AvgIpc) is 3.51. The molecule has 6 rings (SSSR count). The Morgan fingerprint density at radius 3 is 1.79 bits per heavy atom. The Balaban J connectivity index is 0.000000139. The van der Waals surface area contributed by atoms with Gasteiger partial charge in [-0.15, -0.1) is 11.6 Å². The predicted molar refractivity (Wildman–Crippen MR) is 125 cm³/mol. The molecule has 2 aliphatic carbocycles. The standard InChI is InChI=1S/C12H11ClFN3.C12H12ClN3/c13-12(14)6-10(12)11-16-7-9(17-11)5-8-1-3-15-4-2-8;13-11-6-10(11)12-15-7-9(16-12)5-8-1-3-14-4-2-8/h1-4,7,10H,5-6H2,(H,16,17);1-4,7,10-11H,5-6H2,(H,15,16). The predicted octanol–water partition coefficient (Wildman–Crippen LogP) is 5.28. The third kappa shape index (κ3) is 5.60. The van der Waals surface area contributed by atoms with Crippen LogP contribution in [0.2, 0.25) is 0 Å². The van der Waals surface area contributed by atoms with E-state index < -0.39 is 5.13 Å². The van der Waals surface area contributed by atoms with Crippen LogP contribution >= 0.6 is 23.2 Å². The largest absolute Gasteiger partial charge is 0.345 e. The van der Waals surface area contributed by atoms with Crippen LogP contribution in [0, 0.1) is 0 Å². The highest BCUT2D eigenvalue weighted by atomic mass is 35.5. The number of imidazole rings is 2. The van der Waals surface area contributed by atoms with Crippen LogP contribution in [0.5, 0.6) is 0 Å². The Labute approximate surface area is 201 Å². The maximum atomic E-state index is 13.3. The lowest BCUT2D eigenvalue weighted by molar-refractivity contribution is 0.414. The molecule has 4 heterocycles. The quantitative estimate of drug-likeness (QED) is 0.364. The second-order valence-corrected chi connectivity index (χ2v) is 9.72. The minimum Gasteiger partial charge on any atom is -0.345 e. The van der Waals surface area contributed by atoms with E-state index in [2.05, 4.69) is 29.9 Å². The highest BCUT2D eigenvalue weighted by molar-refractivity contribution is 6.25. The Morgan fingerprint density at radius 1 is 0.879 bits per heavy atom. The van der Waals surface area contributed by atoms with Crippen molar-refractivity contribution < 1.29 is 4.39 Å². The van der Waals surface area contributed by atoms with E-state index in [9.17, 15) is 4.39 Å². The zero-order valence-electron chi connectivity index (χ0n) is 17.8. The van der Waals surface area contributed by atoms with Crippen LogP contribution in [0.1, 0.15) is 58.8 Å². The summed E-state index contributed by atoms with van der Waals surface area (Å²) in [4.78, 5) is 23.0. The van der Waals surface area contributed by atoms with Crippen molar-refractivity contribution in [2.24, 2.45) is 0 Å². The third-order valence-electron chi connectivity index (χ3n) is 5.80. The zero-order chi connectivity index (χ0) is 22.8. The number of pyridine rings is 2. The molecule has 0 aromatic carbocycles. The number of nitrogens with zero attached hydrogens (tertiary/aromatic N) is 4. The summed E-state index contributed by atoms with van der Waals surface area (Å²) in [6.45, 7) is 0. The van der Waals surface area contributed by atoms with Gasteiger partial charge in [-0.25, -0.2) is 14.4 Å². The molecule has 2 saturated carbocycles. The molecule has 2 N–H and O–H groups in total. The molecule has 4 aromatic heterocycles. The molecule has 4 atom stereocenters. The Bertz CT molecular complexity index is 1190. The highest BCUT2D eigenvalue weighted by Crippen LogP contribution is 2.56. The Morgan fingerprint density at radius 2 is 1.33 bits per heavy atom. The van der Waals surface area contributed by atoms with Gasteiger partial charge in [-0.2, -0.15) is 0 Å². The van der Waals surface area contributed by atoms with Gasteiger partial charge in [0.05, 0.1) is 5.92 Å². The van der Waals surface area contributed by atoms with Gasteiger partial charge in [0.25, 0.3) is 0 Å². The van der Waals surface area contributed by atoms with Gasteiger partial charge in [0.1, 0.15) is 11.6 Å². The number of alkyl halides is 3. The maximum absolute atomic E-state index is 13.3. The zero-order valence-corrected chi connectivity index (χ0v) is 19.3. The fraction of sp³-hybridized carbons (Fsp3) is 0.333. The van der Waals surface area contributed by atoms with E-state index in [1.54, 1.807) is 18.6 Å². The van der Waals surface area contributed by atoms with Crippen LogP contribution in [0.25, 0.3) is 0 Å². The Hall–Kier alpha value is -2.77. The first-order valence-corrected chi connectivity index (χ1v) is 11.7. The van der Waals surface area contributed by atoms with E-state index in [1.807, 2.05) is 42.9 Å². The van der Waals surface area contributed by atoms with Crippen molar-refractivity contribution in [1.82, 2.24) is 29.9 Å². The number of hydrogen-bond donors (Lipinski definition) is 2. The smallest absolute Gasteiger partial charge is 0.194 e. The van der Waals surface area contributed by atoms with Gasteiger partial charge in [-0.05, 0) is 41.8 Å². The summed E-state index contributed by atoms with van der Waals surface area (Å²) in [5.74, 6) is 1.83. The van der Waals surface area contributed by atoms with Crippen molar-refractivity contribution in [3.05, 3.63) is 95.6 Å². The van der Waals surface area contributed by atoms with Gasteiger partial charge in [0.2, 0.25) is 0 Å². The van der Waals surface area contributed by atoms with Crippen LogP contribution in [-0.2, 0) is 12.8 Å². The van der Waals surface area contributed by atoms with Crippen LogP contribution in [-0.4, -0.2) is 40.4 Å². The number of halogens is 3. The van der Waals surface area contributed by atoms with Gasteiger partial charge in [0, 0.05) is 79.1 Å². The second-order valence-electron chi connectivity index (χ2n) is 8.53. The fourth-order valence-corrected chi connectivity index (χ4v) is 4.27. The van der Waals surface area contributed by atoms with Crippen molar-refractivity contribution >= 4 is 23.2 Å². The molecule has 2 aliphatic rings. The van der Waals surface area contributed by atoms with Crippen LogP contribution in [0.3, 0.4) is 0 Å². The van der Waals surface area contributed by atoms with Crippen LogP contribution < -0.4 is 0 Å². The summed E-state index contributed by atoms with van der Waals surface area (Å²) in [6, 6.07) is 7.92. The van der Waals surface area contributed by atoms with Gasteiger partial charge in [-0.1, -0.05) is 11.6 Å². The molecule has 0 aliphatic heterocycles. The van der Waals surface area contributed by atoms with E-state index >= 15 is 0 Å². The molecule has 0 bridgehead atoms. The molecule has 4 unspecified atom stereocenters. The number of H-pyrrole nitrogens is 2. The summed E-state index contributed by atoms with van der Waals surface area (Å²) in [5.41, 5.74) is 4.48. The number of nitrogens with one attached hydrogen (secondary N) is 2. The van der Waals surface area contributed by atoms with Gasteiger partial charge in [-0.3, -0.25) is 9.97 Å². The lowest BCUT2D eigenvalue weighted by Gasteiger charge is -1.97. The molecule has 9 heteroatoms. The molecule has 0 amide bonds. The molecule has 33 heavy (non-hydrogen) atoms. The molecule has 0 radical (unpaired) electrons. The summed E-state index contributed by atoms with van der Waals surface area (Å²) < 4.78 is 13.3. The molecular weight excluding hydrogens is 462 g/mol. The van der Waals surface area contributed by atoms with Gasteiger partial charge < -0.3 is 9.97 Å². The minimum absolute atomic E-state index is 0.278. The van der Waals surface area contributed by atoms with Gasteiger partial charge in [0.15, 0.2) is 5.13 Å². The first kappa shape index (κ1) is 22.0. The van der Waals surface area contributed by atoms with Crippen molar-refractivity contribution in [2.75, 3.05) is 0 Å². The van der Waals surface area contributed by atoms with E-state index in [0.717, 1.165) is 42.0 Å². The number of aromatic amines is 2. The second kappa shape index (κ2) is 9.23. The van der Waals surface area contributed by atoms with Crippen molar-refractivity contribution in [1.29, 1.82) is 0 Å². The SMILES string of the molecule is ClC1CC1c1ncc(Cc2ccncc2)[nH]1.FC1(Cl)CC1c1ncc(Cc2ccncc2)[nH]1. The van der Waals surface area contributed by atoms with E-state index in [-0.39, 0.29) is 11.3 Å². The summed E-state index contributed by atoms with van der Waals surface area (Å²) in [5, 5.41) is -1.31. The molecule has 170 valence electrons. The minimum atomic E-state index is -1.59. The van der Waals surface area contributed by atoms with Crippen molar-refractivity contribution in [3.63, 3.8) is 0 Å². The summed E-state index contributed by atoms with van der Waals surface area (Å²) in [7, 11) is 0. The molecule has 0 saturated heterocycles. The molecule has 0 spiro atoms. The monoisotopic (exact) mass is 484 g/mol. The lowest BCUT2D eigenvalue weighted by atomic mass is 10.2. The molecule has 4 aromatic rings. The Kier molecular flexibility index (Phi) is 6.17. The topological polar surface area (TPSA) is 83.1 Å². The first-order valence-electron chi connectivity index (χ1n) is 10.8. The van der Waals surface area contributed by atoms with Crippen LogP contribution in [0.4, 0.5) is 4.39 Å². The van der Waals surface area contributed by atoms with Gasteiger partial charge >= 0.3 is 0 Å². The summed E-state index contributed by atoms with van der Waals surface area (Å²) in [6.07, 6.45) is 13.8. The van der Waals surface area contributed by atoms with Crippen molar-refractivity contribution in [2.45, 2.75) is 48.0 Å². The van der Waals surface area contributed by atoms with E-state index in [4.69, 9.17) is 23.2 Å². The summed E-state index contributed by atoms with van der Waals surface area (Å²) >= 11 is 11.6. The maximum Gasteiger partial charge on any atom is 0.194 e. The number of hydrogen-bond acceptors (Lipinski definition) is 4. The van der Waals surface area contributed by atoms with E-state index in [1.165, 1.54) is 5.56 Å². The molecule has 2 fully saturated rings. The highest BCUT2D eigenvalue weighted by Gasteiger charge is 2.56. The van der Waals surface area contributed by atoms with Crippen LogP contribution in [0.15, 0.2) is 61.4 Å². The normalized spacial score (nSPS) is 25.2. The third-order valence-corrected chi connectivity index (χ3v) is 6.70. The van der Waals surface area contributed by atoms with E-state index in [0.29, 0.717) is 18.2 Å². The number of aromatic nitrogens is 6. The van der Waals surface area contributed by atoms with Crippen molar-refractivity contribution in [3.8, 4) is 0 Å². The number of rotatable bonds is 6.